The van der Waals surface area contributed by atoms with Crippen molar-refractivity contribution in [2.24, 2.45) is 5.73 Å². The van der Waals surface area contributed by atoms with Gasteiger partial charge in [0.2, 0.25) is 5.91 Å². The van der Waals surface area contributed by atoms with Gasteiger partial charge in [0, 0.05) is 23.9 Å². The third-order valence-electron chi connectivity index (χ3n) is 4.85. The summed E-state index contributed by atoms with van der Waals surface area (Å²) in [5.74, 6) is -0.585. The molecule has 0 bridgehead atoms. The number of anilines is 1. The molecular formula is C21H19F2N3O. The molecule has 0 radical (unpaired) electrons. The summed E-state index contributed by atoms with van der Waals surface area (Å²) in [6, 6.07) is 9.00. The van der Waals surface area contributed by atoms with Gasteiger partial charge in [-0.2, -0.15) is 0 Å². The first-order valence-corrected chi connectivity index (χ1v) is 8.84. The van der Waals surface area contributed by atoms with Crippen molar-refractivity contribution in [2.45, 2.75) is 31.5 Å². The van der Waals surface area contributed by atoms with Crippen molar-refractivity contribution >= 4 is 11.6 Å². The highest BCUT2D eigenvalue weighted by atomic mass is 19.1. The quantitative estimate of drug-likeness (QED) is 0.853. The van der Waals surface area contributed by atoms with Gasteiger partial charge in [-0.05, 0) is 47.9 Å². The van der Waals surface area contributed by atoms with Crippen molar-refractivity contribution in [3.63, 3.8) is 0 Å². The Kier molecular flexibility index (Phi) is 4.58. The topological polar surface area (TPSA) is 68.0 Å². The minimum absolute atomic E-state index is 0.0228. The van der Waals surface area contributed by atoms with Crippen LogP contribution in [0.15, 0.2) is 60.1 Å². The van der Waals surface area contributed by atoms with Crippen LogP contribution in [0, 0.1) is 0 Å². The molecule has 2 aliphatic rings. The van der Waals surface area contributed by atoms with Gasteiger partial charge >= 0.3 is 0 Å². The highest BCUT2D eigenvalue weighted by Crippen LogP contribution is 2.34. The number of benzene rings is 1. The lowest BCUT2D eigenvalue weighted by molar-refractivity contribution is -0.115. The number of nitrogens with two attached hydrogens (primary N) is 1. The first-order chi connectivity index (χ1) is 13.0. The number of amides is 1. The number of hydrogen-bond acceptors (Lipinski definition) is 3. The molecule has 0 saturated carbocycles. The zero-order chi connectivity index (χ0) is 19.0. The highest BCUT2D eigenvalue weighted by molar-refractivity contribution is 5.99. The second kappa shape index (κ2) is 7.04. The number of alkyl halides is 1. The molecule has 4 rings (SSSR count). The van der Waals surface area contributed by atoms with E-state index in [0.717, 1.165) is 28.5 Å². The average Bonchev–Trinajstić information content (AvgIpc) is 3.00. The second-order valence-corrected chi connectivity index (χ2v) is 6.92. The van der Waals surface area contributed by atoms with Gasteiger partial charge in [0.25, 0.3) is 0 Å². The van der Waals surface area contributed by atoms with Crippen molar-refractivity contribution in [2.75, 3.05) is 5.32 Å². The van der Waals surface area contributed by atoms with Crippen LogP contribution in [-0.4, -0.2) is 17.1 Å². The largest absolute Gasteiger partial charge is 0.326 e. The molecule has 6 heteroatoms. The summed E-state index contributed by atoms with van der Waals surface area (Å²) in [5.41, 5.74) is 11.2. The number of pyridine rings is 1. The van der Waals surface area contributed by atoms with E-state index in [4.69, 9.17) is 5.73 Å². The van der Waals surface area contributed by atoms with Crippen LogP contribution in [0.25, 0.3) is 11.1 Å². The summed E-state index contributed by atoms with van der Waals surface area (Å²) in [6.45, 7) is 0. The Balaban J connectivity index is 1.63. The fraction of sp³-hybridized carbons (Fsp3) is 0.238. The second-order valence-electron chi connectivity index (χ2n) is 6.92. The van der Waals surface area contributed by atoms with Crippen LogP contribution < -0.4 is 11.1 Å². The van der Waals surface area contributed by atoms with Gasteiger partial charge in [0.05, 0.1) is 18.2 Å². The van der Waals surface area contributed by atoms with Crippen molar-refractivity contribution < 1.29 is 13.6 Å². The molecule has 27 heavy (non-hydrogen) atoms. The van der Waals surface area contributed by atoms with Gasteiger partial charge in [0.15, 0.2) is 0 Å². The predicted octanol–water partition coefficient (Wildman–Crippen LogP) is 4.15. The lowest BCUT2D eigenvalue weighted by Gasteiger charge is -2.19. The normalized spacial score (nSPS) is 19.8. The molecule has 3 N–H and O–H groups in total. The number of rotatable bonds is 4. The van der Waals surface area contributed by atoms with E-state index in [9.17, 15) is 13.6 Å². The minimum atomic E-state index is -1.32. The Morgan fingerprint density at radius 2 is 2.19 bits per heavy atom. The number of fused-ring (bicyclic) bond motifs is 1. The number of aromatic nitrogens is 1. The van der Waals surface area contributed by atoms with Crippen molar-refractivity contribution in [1.82, 2.24) is 4.98 Å². The molecule has 1 aromatic heterocycles. The van der Waals surface area contributed by atoms with Crippen LogP contribution in [0.1, 0.15) is 30.1 Å². The Hall–Kier alpha value is -2.86. The van der Waals surface area contributed by atoms with Gasteiger partial charge in [0.1, 0.15) is 12.0 Å². The molecule has 138 valence electrons. The molecular weight excluding hydrogens is 348 g/mol. The third-order valence-corrected chi connectivity index (χ3v) is 4.85. The summed E-state index contributed by atoms with van der Waals surface area (Å²) in [7, 11) is 0. The summed E-state index contributed by atoms with van der Waals surface area (Å²) >= 11 is 0. The number of hydrogen-bond donors (Lipinski definition) is 2. The lowest BCUT2D eigenvalue weighted by Crippen LogP contribution is -2.16. The van der Waals surface area contributed by atoms with Crippen LogP contribution >= 0.6 is 0 Å². The third kappa shape index (κ3) is 3.66. The molecule has 0 saturated heterocycles. The van der Waals surface area contributed by atoms with E-state index in [0.29, 0.717) is 24.1 Å². The Labute approximate surface area is 155 Å². The molecule has 1 amide bonds. The molecule has 2 heterocycles. The number of allylic oxidation sites excluding steroid dienone is 3. The maximum absolute atomic E-state index is 13.6. The predicted molar refractivity (Wildman–Crippen MR) is 100 cm³/mol. The Morgan fingerprint density at radius 3 is 3.00 bits per heavy atom. The van der Waals surface area contributed by atoms with E-state index in [2.05, 4.69) is 10.3 Å². The highest BCUT2D eigenvalue weighted by Gasteiger charge is 2.22. The van der Waals surface area contributed by atoms with Gasteiger partial charge in [-0.1, -0.05) is 17.7 Å². The van der Waals surface area contributed by atoms with Gasteiger partial charge in [-0.15, -0.1) is 0 Å². The Bertz CT molecular complexity index is 968. The first-order valence-electron chi connectivity index (χ1n) is 8.84. The number of carbonyl (C=O) groups is 1. The molecule has 1 aliphatic carbocycles. The zero-order valence-corrected chi connectivity index (χ0v) is 14.6. The standard InChI is InChI=1S/C21H19F2N3O/c22-15-6-12(7-16(23)11-15)8-18(24)21-17(2-1-5-25-21)13-3-4-19-14(9-13)10-20(27)26-19/h1-6,9,11,16,18H,7-8,10,24H2,(H,26,27)/t16?,18-/m0/s1. The fourth-order valence-corrected chi connectivity index (χ4v) is 3.66. The number of carbonyl (C=O) groups excluding carboxylic acids is 1. The fourth-order valence-electron chi connectivity index (χ4n) is 3.66. The van der Waals surface area contributed by atoms with Crippen LogP contribution in [0.5, 0.6) is 0 Å². The van der Waals surface area contributed by atoms with Crippen LogP contribution in [0.2, 0.25) is 0 Å². The summed E-state index contributed by atoms with van der Waals surface area (Å²) in [6.07, 6.45) is 3.49. The van der Waals surface area contributed by atoms with Gasteiger partial charge in [-0.25, -0.2) is 8.78 Å². The Morgan fingerprint density at radius 1 is 1.33 bits per heavy atom. The first kappa shape index (κ1) is 17.5. The van der Waals surface area contributed by atoms with Crippen molar-refractivity contribution in [3.8, 4) is 11.1 Å². The zero-order valence-electron chi connectivity index (χ0n) is 14.6. The van der Waals surface area contributed by atoms with Gasteiger partial charge < -0.3 is 11.1 Å². The molecule has 0 fully saturated rings. The minimum Gasteiger partial charge on any atom is -0.326 e. The monoisotopic (exact) mass is 367 g/mol. The maximum atomic E-state index is 13.6. The van der Waals surface area contributed by atoms with E-state index in [1.54, 1.807) is 6.20 Å². The summed E-state index contributed by atoms with van der Waals surface area (Å²) in [5, 5.41) is 2.81. The smallest absolute Gasteiger partial charge is 0.228 e. The SMILES string of the molecule is N[C@@H](CC1=CC(F)=CC(F)C1)c1ncccc1-c1ccc2c(c1)CC(=O)N2. The maximum Gasteiger partial charge on any atom is 0.228 e. The molecule has 2 aromatic rings. The van der Waals surface area contributed by atoms with Crippen LogP contribution in [-0.2, 0) is 11.2 Å². The van der Waals surface area contributed by atoms with E-state index in [1.165, 1.54) is 6.08 Å². The molecule has 0 spiro atoms. The van der Waals surface area contributed by atoms with Crippen molar-refractivity contribution in [3.05, 3.63) is 71.3 Å². The van der Waals surface area contributed by atoms with E-state index in [1.807, 2.05) is 30.3 Å². The average molecular weight is 367 g/mol. The van der Waals surface area contributed by atoms with Crippen molar-refractivity contribution in [1.29, 1.82) is 0 Å². The van der Waals surface area contributed by atoms with E-state index < -0.39 is 18.0 Å². The van der Waals surface area contributed by atoms with E-state index in [-0.39, 0.29) is 12.3 Å². The number of nitrogens with zero attached hydrogens (tertiary/aromatic N) is 1. The summed E-state index contributed by atoms with van der Waals surface area (Å²) < 4.78 is 27.1. The number of halogens is 2. The van der Waals surface area contributed by atoms with Gasteiger partial charge in [-0.3, -0.25) is 9.78 Å². The van der Waals surface area contributed by atoms with Crippen LogP contribution in [0.4, 0.5) is 14.5 Å². The molecule has 1 aliphatic heterocycles. The molecule has 1 unspecified atom stereocenters. The van der Waals surface area contributed by atoms with E-state index >= 15 is 0 Å². The molecule has 4 nitrogen and oxygen atoms in total. The molecule has 1 aromatic carbocycles. The lowest BCUT2D eigenvalue weighted by atomic mass is 9.92. The number of nitrogens with one attached hydrogen (secondary N) is 1. The summed E-state index contributed by atoms with van der Waals surface area (Å²) in [4.78, 5) is 16.0. The molecule has 2 atom stereocenters. The van der Waals surface area contributed by atoms with Crippen LogP contribution in [0.3, 0.4) is 0 Å².